The number of rotatable bonds is 4. The maximum absolute atomic E-state index is 11.8. The van der Waals surface area contributed by atoms with Crippen molar-refractivity contribution in [2.45, 2.75) is 18.6 Å². The largest absolute Gasteiger partial charge is 0.389 e. The summed E-state index contributed by atoms with van der Waals surface area (Å²) in [4.78, 5) is 24.1. The highest BCUT2D eigenvalue weighted by Gasteiger charge is 2.44. The van der Waals surface area contributed by atoms with Crippen LogP contribution in [0.3, 0.4) is 0 Å². The van der Waals surface area contributed by atoms with E-state index < -0.39 is 18.1 Å². The van der Waals surface area contributed by atoms with Crippen LogP contribution in [0.25, 0.3) is 0 Å². The molecule has 1 aliphatic heterocycles. The predicted octanol–water partition coefficient (Wildman–Crippen LogP) is -0.510. The Morgan fingerprint density at radius 2 is 2.06 bits per heavy atom. The zero-order valence-electron chi connectivity index (χ0n) is 9.82. The Hall–Kier alpha value is -1.88. The van der Waals surface area contributed by atoms with Crippen LogP contribution < -0.4 is 5.73 Å². The Morgan fingerprint density at radius 1 is 1.39 bits per heavy atom. The fourth-order valence-electron chi connectivity index (χ4n) is 1.99. The van der Waals surface area contributed by atoms with Crippen LogP contribution in [0.15, 0.2) is 30.3 Å². The lowest BCUT2D eigenvalue weighted by Crippen LogP contribution is -2.67. The molecule has 1 aliphatic rings. The summed E-state index contributed by atoms with van der Waals surface area (Å²) in [5.74, 6) is -0.942. The van der Waals surface area contributed by atoms with E-state index in [4.69, 9.17) is 5.73 Å². The number of hydrogen-bond acceptors (Lipinski definition) is 3. The maximum atomic E-state index is 11.8. The summed E-state index contributed by atoms with van der Waals surface area (Å²) in [5.41, 5.74) is 6.13. The van der Waals surface area contributed by atoms with E-state index in [-0.39, 0.29) is 12.5 Å². The number of carbonyl (C=O) groups excluding carboxylic acids is 2. The highest BCUT2D eigenvalue weighted by atomic mass is 16.3. The molecular weight excluding hydrogens is 232 g/mol. The minimum Gasteiger partial charge on any atom is -0.389 e. The van der Waals surface area contributed by atoms with E-state index in [9.17, 15) is 14.7 Å². The Morgan fingerprint density at radius 3 is 2.61 bits per heavy atom. The topological polar surface area (TPSA) is 83.6 Å². The van der Waals surface area contributed by atoms with Gasteiger partial charge < -0.3 is 15.7 Å². The van der Waals surface area contributed by atoms with Crippen LogP contribution in [0.4, 0.5) is 0 Å². The molecule has 2 rings (SSSR count). The molecule has 1 aromatic rings. The van der Waals surface area contributed by atoms with Crippen LogP contribution in [-0.2, 0) is 16.0 Å². The number of primary amides is 1. The van der Waals surface area contributed by atoms with Gasteiger partial charge in [0.2, 0.25) is 11.8 Å². The third kappa shape index (κ3) is 2.51. The van der Waals surface area contributed by atoms with Crippen molar-refractivity contribution in [3.05, 3.63) is 42.3 Å². The number of likely N-dealkylation sites (tertiary alicyclic amines) is 1. The zero-order chi connectivity index (χ0) is 13.1. The van der Waals surface area contributed by atoms with E-state index in [1.165, 1.54) is 11.3 Å². The summed E-state index contributed by atoms with van der Waals surface area (Å²) in [5, 5.41) is 9.37. The van der Waals surface area contributed by atoms with Crippen molar-refractivity contribution in [3.8, 4) is 0 Å². The number of aliphatic hydroxyl groups excluding tert-OH is 1. The van der Waals surface area contributed by atoms with Crippen molar-refractivity contribution in [1.82, 2.24) is 4.90 Å². The van der Waals surface area contributed by atoms with E-state index >= 15 is 0 Å². The second-order valence-electron chi connectivity index (χ2n) is 4.30. The van der Waals surface area contributed by atoms with Crippen LogP contribution in [0.1, 0.15) is 5.56 Å². The molecule has 0 bridgehead atoms. The molecule has 18 heavy (non-hydrogen) atoms. The molecule has 1 radical (unpaired) electrons. The molecule has 2 amide bonds. The van der Waals surface area contributed by atoms with Gasteiger partial charge in [-0.2, -0.15) is 0 Å². The summed E-state index contributed by atoms with van der Waals surface area (Å²) in [6.45, 7) is 0.164. The lowest BCUT2D eigenvalue weighted by atomic mass is 9.97. The average Bonchev–Trinajstić information content (AvgIpc) is 2.33. The monoisotopic (exact) mass is 247 g/mol. The van der Waals surface area contributed by atoms with Crippen molar-refractivity contribution in [2.24, 2.45) is 5.73 Å². The molecule has 1 heterocycles. The highest BCUT2D eigenvalue weighted by molar-refractivity contribution is 5.93. The van der Waals surface area contributed by atoms with E-state index in [0.29, 0.717) is 6.42 Å². The first kappa shape index (κ1) is 12.6. The summed E-state index contributed by atoms with van der Waals surface area (Å²) in [6, 6.07) is 8.64. The van der Waals surface area contributed by atoms with Gasteiger partial charge in [0.1, 0.15) is 12.1 Å². The third-order valence-corrected chi connectivity index (χ3v) is 3.01. The molecule has 0 aliphatic carbocycles. The van der Waals surface area contributed by atoms with Crippen molar-refractivity contribution in [3.63, 3.8) is 0 Å². The number of hydrogen-bond donors (Lipinski definition) is 2. The fraction of sp³-hybridized carbons (Fsp3) is 0.308. The van der Waals surface area contributed by atoms with Gasteiger partial charge in [-0.05, 0) is 12.0 Å². The molecule has 3 N–H and O–H groups in total. The first-order valence-corrected chi connectivity index (χ1v) is 5.74. The first-order valence-electron chi connectivity index (χ1n) is 5.74. The molecule has 5 heteroatoms. The Kier molecular flexibility index (Phi) is 3.62. The fourth-order valence-corrected chi connectivity index (χ4v) is 1.99. The molecule has 2 unspecified atom stereocenters. The van der Waals surface area contributed by atoms with Gasteiger partial charge in [-0.15, -0.1) is 0 Å². The second kappa shape index (κ2) is 5.18. The summed E-state index contributed by atoms with van der Waals surface area (Å²) in [6.07, 6.45) is 1.16. The van der Waals surface area contributed by atoms with E-state index in [0.717, 1.165) is 5.56 Å². The van der Waals surface area contributed by atoms with Gasteiger partial charge in [-0.1, -0.05) is 30.3 Å². The normalized spacial score (nSPS) is 22.4. The lowest BCUT2D eigenvalue weighted by molar-refractivity contribution is -0.156. The van der Waals surface area contributed by atoms with Gasteiger partial charge in [0.05, 0.1) is 13.0 Å². The van der Waals surface area contributed by atoms with Gasteiger partial charge in [0.25, 0.3) is 0 Å². The van der Waals surface area contributed by atoms with Crippen molar-refractivity contribution >= 4 is 11.8 Å². The molecule has 95 valence electrons. The van der Waals surface area contributed by atoms with Crippen molar-refractivity contribution in [1.29, 1.82) is 0 Å². The zero-order valence-corrected chi connectivity index (χ0v) is 9.82. The molecular formula is C13H15N2O3. The van der Waals surface area contributed by atoms with Gasteiger partial charge in [-0.3, -0.25) is 9.59 Å². The van der Waals surface area contributed by atoms with Gasteiger partial charge >= 0.3 is 0 Å². The molecule has 5 nitrogen and oxygen atoms in total. The second-order valence-corrected chi connectivity index (χ2v) is 4.30. The summed E-state index contributed by atoms with van der Waals surface area (Å²) in [7, 11) is 0. The smallest absolute Gasteiger partial charge is 0.242 e. The molecule has 1 aromatic carbocycles. The number of amides is 2. The van der Waals surface area contributed by atoms with Gasteiger partial charge in [0.15, 0.2) is 0 Å². The first-order chi connectivity index (χ1) is 8.59. The Balaban J connectivity index is 1.88. The van der Waals surface area contributed by atoms with Crippen LogP contribution in [0.5, 0.6) is 0 Å². The molecule has 1 saturated heterocycles. The number of benzene rings is 1. The van der Waals surface area contributed by atoms with Crippen LogP contribution in [0, 0.1) is 6.42 Å². The number of nitrogens with zero attached hydrogens (tertiary/aromatic N) is 1. The van der Waals surface area contributed by atoms with Crippen LogP contribution >= 0.6 is 0 Å². The van der Waals surface area contributed by atoms with Crippen molar-refractivity contribution < 1.29 is 14.7 Å². The summed E-state index contributed by atoms with van der Waals surface area (Å²) < 4.78 is 0. The van der Waals surface area contributed by atoms with E-state index in [1.807, 2.05) is 30.3 Å². The van der Waals surface area contributed by atoms with Crippen molar-refractivity contribution in [2.75, 3.05) is 6.54 Å². The molecule has 0 saturated carbocycles. The molecule has 0 aromatic heterocycles. The standard InChI is InChI=1S/C13H15N2O3/c14-13(18)12-10(16)8-15(12)11(17)7-6-9-4-2-1-3-5-9/h1-5,7,10,12,16H,6,8H2,(H2,14,18). The Labute approximate surface area is 105 Å². The molecule has 0 spiro atoms. The van der Waals surface area contributed by atoms with E-state index in [2.05, 4.69) is 0 Å². The quantitative estimate of drug-likeness (QED) is 0.751. The number of carbonyl (C=O) groups is 2. The number of nitrogens with two attached hydrogens (primary N) is 1. The molecule has 2 atom stereocenters. The summed E-state index contributed by atoms with van der Waals surface area (Å²) >= 11 is 0. The minimum atomic E-state index is -0.885. The molecule has 1 fully saturated rings. The lowest BCUT2D eigenvalue weighted by Gasteiger charge is -2.43. The maximum Gasteiger partial charge on any atom is 0.242 e. The van der Waals surface area contributed by atoms with Crippen LogP contribution in [0.2, 0.25) is 0 Å². The van der Waals surface area contributed by atoms with Gasteiger partial charge in [0, 0.05) is 0 Å². The Bertz CT molecular complexity index is 447. The minimum absolute atomic E-state index is 0.164. The van der Waals surface area contributed by atoms with Gasteiger partial charge in [-0.25, -0.2) is 0 Å². The average molecular weight is 247 g/mol. The van der Waals surface area contributed by atoms with Crippen LogP contribution in [-0.4, -0.2) is 40.5 Å². The third-order valence-electron chi connectivity index (χ3n) is 3.01. The number of aliphatic hydroxyl groups is 1. The highest BCUT2D eigenvalue weighted by Crippen LogP contribution is 2.19. The SMILES string of the molecule is NC(=O)C1C(O)CN1C(=O)[CH]Cc1ccccc1. The number of β-amino-alcohol motifs (C(OH)–C–C–N with tert-alkyl or cyclic N) is 1. The predicted molar refractivity (Wildman–Crippen MR) is 65.1 cm³/mol. The van der Waals surface area contributed by atoms with E-state index in [1.54, 1.807) is 0 Å².